The number of amides is 2. The smallest absolute Gasteiger partial charge is 0.331 e. The summed E-state index contributed by atoms with van der Waals surface area (Å²) in [5.74, 6) is 0. The highest BCUT2D eigenvalue weighted by Gasteiger charge is 2.32. The van der Waals surface area contributed by atoms with Crippen LogP contribution in [0.3, 0.4) is 0 Å². The minimum Gasteiger partial charge on any atom is -0.331 e. The van der Waals surface area contributed by atoms with E-state index in [2.05, 4.69) is 5.32 Å². The third-order valence-corrected chi connectivity index (χ3v) is 3.53. The number of nitrogens with one attached hydrogen (secondary N) is 2. The van der Waals surface area contributed by atoms with Crippen molar-refractivity contribution in [2.75, 3.05) is 13.1 Å². The Balaban J connectivity index is 2.50. The molecular weight excluding hydrogens is 259 g/mol. The van der Waals surface area contributed by atoms with Gasteiger partial charge < -0.3 is 16.4 Å². The number of carbonyl (C=O) groups is 1. The van der Waals surface area contributed by atoms with Crippen LogP contribution in [0.25, 0.3) is 0 Å². The molecule has 4 nitrogen and oxygen atoms in total. The molecule has 0 heterocycles. The van der Waals surface area contributed by atoms with Gasteiger partial charge in [-0.15, -0.1) is 0 Å². The molecule has 19 heavy (non-hydrogen) atoms. The molecule has 1 rings (SSSR count). The van der Waals surface area contributed by atoms with Crippen LogP contribution >= 0.6 is 0 Å². The van der Waals surface area contributed by atoms with Gasteiger partial charge in [0.25, 0.3) is 0 Å². The van der Waals surface area contributed by atoms with Crippen LogP contribution in [0.5, 0.6) is 0 Å². The average Bonchev–Trinajstić information content (AvgIpc) is 2.29. The Bertz CT molecular complexity index is 286. The largest absolute Gasteiger partial charge is 0.405 e. The number of halogens is 3. The first kappa shape index (κ1) is 16.1. The Morgan fingerprint density at radius 3 is 2.11 bits per heavy atom. The van der Waals surface area contributed by atoms with Crippen molar-refractivity contribution in [3.63, 3.8) is 0 Å². The van der Waals surface area contributed by atoms with Gasteiger partial charge in [0.15, 0.2) is 0 Å². The Morgan fingerprint density at radius 1 is 1.11 bits per heavy atom. The Kier molecular flexibility index (Phi) is 5.90. The summed E-state index contributed by atoms with van der Waals surface area (Å²) in [6.45, 7) is -1.06. The molecule has 0 bridgehead atoms. The lowest BCUT2D eigenvalue weighted by molar-refractivity contribution is -0.122. The van der Waals surface area contributed by atoms with Crippen LogP contribution in [-0.2, 0) is 0 Å². The quantitative estimate of drug-likeness (QED) is 0.743. The summed E-state index contributed by atoms with van der Waals surface area (Å²) in [7, 11) is 0. The van der Waals surface area contributed by atoms with E-state index in [1.807, 2.05) is 5.32 Å². The second-order valence-electron chi connectivity index (χ2n) is 5.18. The fraction of sp³-hybridized carbons (Fsp3) is 0.917. The van der Waals surface area contributed by atoms with Crippen molar-refractivity contribution >= 4 is 6.03 Å². The molecule has 0 aromatic heterocycles. The van der Waals surface area contributed by atoms with Crippen LogP contribution in [0, 0.1) is 0 Å². The van der Waals surface area contributed by atoms with Gasteiger partial charge in [-0.2, -0.15) is 13.2 Å². The second-order valence-corrected chi connectivity index (χ2v) is 5.18. The molecule has 0 aromatic rings. The third-order valence-electron chi connectivity index (χ3n) is 3.53. The summed E-state index contributed by atoms with van der Waals surface area (Å²) < 4.78 is 36.1. The summed E-state index contributed by atoms with van der Waals surface area (Å²) >= 11 is 0. The first-order valence-electron chi connectivity index (χ1n) is 6.70. The van der Waals surface area contributed by atoms with Crippen LogP contribution in [0.15, 0.2) is 0 Å². The number of carbonyl (C=O) groups excluding carboxylic acids is 1. The van der Waals surface area contributed by atoms with Crippen molar-refractivity contribution in [1.82, 2.24) is 10.6 Å². The van der Waals surface area contributed by atoms with Crippen molar-refractivity contribution in [3.8, 4) is 0 Å². The predicted octanol–water partition coefficient (Wildman–Crippen LogP) is 2.29. The Morgan fingerprint density at radius 2 is 1.63 bits per heavy atom. The highest BCUT2D eigenvalue weighted by atomic mass is 19.4. The normalized spacial score (nSPS) is 20.2. The summed E-state index contributed by atoms with van der Waals surface area (Å²) in [5, 5.41) is 4.48. The fourth-order valence-electron chi connectivity index (χ4n) is 2.43. The van der Waals surface area contributed by atoms with Gasteiger partial charge in [-0.05, 0) is 12.8 Å². The van der Waals surface area contributed by atoms with E-state index in [0.717, 1.165) is 38.5 Å². The SMILES string of the molecule is NCC1(NC(=O)NCC(F)(F)F)CCCCCCC1. The predicted molar refractivity (Wildman–Crippen MR) is 66.7 cm³/mol. The summed E-state index contributed by atoms with van der Waals surface area (Å²) in [5.41, 5.74) is 5.16. The van der Waals surface area contributed by atoms with Crippen LogP contribution in [0.2, 0.25) is 0 Å². The van der Waals surface area contributed by atoms with Gasteiger partial charge in [-0.1, -0.05) is 32.1 Å². The number of nitrogens with two attached hydrogens (primary N) is 1. The zero-order valence-electron chi connectivity index (χ0n) is 11.0. The lowest BCUT2D eigenvalue weighted by Crippen LogP contribution is -2.57. The molecule has 0 saturated heterocycles. The number of alkyl halides is 3. The van der Waals surface area contributed by atoms with E-state index in [4.69, 9.17) is 5.73 Å². The molecular formula is C12H22F3N3O. The first-order valence-corrected chi connectivity index (χ1v) is 6.70. The van der Waals surface area contributed by atoms with E-state index in [-0.39, 0.29) is 6.54 Å². The zero-order valence-corrected chi connectivity index (χ0v) is 11.0. The molecule has 1 fully saturated rings. The van der Waals surface area contributed by atoms with Crippen molar-refractivity contribution in [2.24, 2.45) is 5.73 Å². The maximum Gasteiger partial charge on any atom is 0.405 e. The van der Waals surface area contributed by atoms with Gasteiger partial charge in [0.2, 0.25) is 0 Å². The van der Waals surface area contributed by atoms with E-state index in [9.17, 15) is 18.0 Å². The van der Waals surface area contributed by atoms with E-state index in [0.29, 0.717) is 0 Å². The molecule has 0 atom stereocenters. The molecule has 1 aliphatic carbocycles. The summed E-state index contributed by atoms with van der Waals surface area (Å²) in [6.07, 6.45) is 2.26. The standard InChI is InChI=1S/C12H22F3N3O/c13-12(14,15)9-17-10(19)18-11(8-16)6-4-2-1-3-5-7-11/h1-9,16H2,(H2,17,18,19). The van der Waals surface area contributed by atoms with Gasteiger partial charge in [0, 0.05) is 6.54 Å². The van der Waals surface area contributed by atoms with Gasteiger partial charge >= 0.3 is 12.2 Å². The fourth-order valence-corrected chi connectivity index (χ4v) is 2.43. The molecule has 1 aliphatic rings. The lowest BCUT2D eigenvalue weighted by atomic mass is 9.84. The minimum atomic E-state index is -4.39. The maximum absolute atomic E-state index is 12.0. The molecule has 4 N–H and O–H groups in total. The van der Waals surface area contributed by atoms with Crippen LogP contribution < -0.4 is 16.4 Å². The minimum absolute atomic E-state index is 0.256. The van der Waals surface area contributed by atoms with E-state index >= 15 is 0 Å². The average molecular weight is 281 g/mol. The highest BCUT2D eigenvalue weighted by molar-refractivity contribution is 5.74. The summed E-state index contributed by atoms with van der Waals surface area (Å²) in [6, 6.07) is -0.789. The number of urea groups is 1. The molecule has 0 radical (unpaired) electrons. The molecule has 0 aliphatic heterocycles. The van der Waals surface area contributed by atoms with Gasteiger partial charge in [0.05, 0.1) is 5.54 Å². The molecule has 2 amide bonds. The Hall–Kier alpha value is -0.980. The van der Waals surface area contributed by atoms with Crippen molar-refractivity contribution < 1.29 is 18.0 Å². The number of hydrogen-bond donors (Lipinski definition) is 3. The zero-order chi connectivity index (χ0) is 14.4. The Labute approximate surface area is 111 Å². The van der Waals surface area contributed by atoms with E-state index < -0.39 is 24.3 Å². The molecule has 112 valence electrons. The molecule has 0 spiro atoms. The van der Waals surface area contributed by atoms with Crippen molar-refractivity contribution in [3.05, 3.63) is 0 Å². The lowest BCUT2D eigenvalue weighted by Gasteiger charge is -2.35. The van der Waals surface area contributed by atoms with Crippen LogP contribution in [0.4, 0.5) is 18.0 Å². The molecule has 0 aromatic carbocycles. The van der Waals surface area contributed by atoms with Gasteiger partial charge in [-0.3, -0.25) is 0 Å². The van der Waals surface area contributed by atoms with Crippen LogP contribution in [0.1, 0.15) is 44.9 Å². The third kappa shape index (κ3) is 6.13. The van der Waals surface area contributed by atoms with E-state index in [1.165, 1.54) is 6.42 Å². The van der Waals surface area contributed by atoms with Crippen molar-refractivity contribution in [1.29, 1.82) is 0 Å². The van der Waals surface area contributed by atoms with Crippen LogP contribution in [-0.4, -0.2) is 30.8 Å². The monoisotopic (exact) mass is 281 g/mol. The highest BCUT2D eigenvalue weighted by Crippen LogP contribution is 2.25. The van der Waals surface area contributed by atoms with Gasteiger partial charge in [-0.25, -0.2) is 4.79 Å². The molecule has 0 unspecified atom stereocenters. The topological polar surface area (TPSA) is 67.1 Å². The molecule has 1 saturated carbocycles. The second kappa shape index (κ2) is 6.98. The first-order chi connectivity index (χ1) is 8.87. The number of rotatable bonds is 3. The maximum atomic E-state index is 12.0. The summed E-state index contributed by atoms with van der Waals surface area (Å²) in [4.78, 5) is 11.5. The number of hydrogen-bond acceptors (Lipinski definition) is 2. The van der Waals surface area contributed by atoms with Gasteiger partial charge in [0.1, 0.15) is 6.54 Å². The van der Waals surface area contributed by atoms with E-state index in [1.54, 1.807) is 0 Å². The molecule has 7 heteroatoms. The van der Waals surface area contributed by atoms with Crippen molar-refractivity contribution in [2.45, 2.75) is 56.7 Å².